The molecule has 1 N–H and O–H groups in total. The molecule has 2 aromatic rings. The van der Waals surface area contributed by atoms with Crippen LogP contribution in [0.4, 0.5) is 18.9 Å². The number of benzene rings is 1. The Bertz CT molecular complexity index is 612. The second kappa shape index (κ2) is 5.03. The first kappa shape index (κ1) is 13.0. The number of nitrogens with one attached hydrogen (secondary N) is 1. The molecule has 18 heavy (non-hydrogen) atoms. The summed E-state index contributed by atoms with van der Waals surface area (Å²) in [6, 6.07) is 2.46. The van der Waals surface area contributed by atoms with E-state index in [2.05, 4.69) is 17.9 Å². The Morgan fingerprint density at radius 2 is 1.78 bits per heavy atom. The van der Waals surface area contributed by atoms with Crippen molar-refractivity contribution in [3.8, 4) is 0 Å². The van der Waals surface area contributed by atoms with E-state index in [1.165, 1.54) is 6.07 Å². The molecule has 0 spiro atoms. The van der Waals surface area contributed by atoms with Crippen molar-refractivity contribution in [2.24, 2.45) is 0 Å². The maximum absolute atomic E-state index is 13.3. The number of thiophene rings is 1. The van der Waals surface area contributed by atoms with Crippen molar-refractivity contribution in [2.45, 2.75) is 4.90 Å². The Labute approximate surface area is 110 Å². The van der Waals surface area contributed by atoms with Crippen molar-refractivity contribution in [1.29, 1.82) is 0 Å². The van der Waals surface area contributed by atoms with Crippen LogP contribution in [0, 0.1) is 17.5 Å². The molecule has 0 bridgehead atoms. The fourth-order valence-electron chi connectivity index (χ4n) is 1.25. The highest BCUT2D eigenvalue weighted by Crippen LogP contribution is 2.22. The van der Waals surface area contributed by atoms with Crippen LogP contribution in [0.25, 0.3) is 0 Å². The monoisotopic (exact) mass is 289 g/mol. The van der Waals surface area contributed by atoms with Crippen LogP contribution in [-0.4, -0.2) is 5.91 Å². The molecule has 0 aliphatic carbocycles. The Morgan fingerprint density at radius 1 is 1.11 bits per heavy atom. The van der Waals surface area contributed by atoms with Gasteiger partial charge >= 0.3 is 0 Å². The number of rotatable bonds is 2. The van der Waals surface area contributed by atoms with Crippen LogP contribution in [0.2, 0.25) is 0 Å². The van der Waals surface area contributed by atoms with Crippen molar-refractivity contribution in [3.05, 3.63) is 45.9 Å². The maximum Gasteiger partial charge on any atom is 0.265 e. The molecule has 1 aromatic carbocycles. The van der Waals surface area contributed by atoms with Crippen molar-refractivity contribution in [2.75, 3.05) is 5.32 Å². The van der Waals surface area contributed by atoms with Gasteiger partial charge in [-0.15, -0.1) is 24.0 Å². The van der Waals surface area contributed by atoms with Gasteiger partial charge < -0.3 is 5.32 Å². The molecular formula is C11H6F3NOS2. The van der Waals surface area contributed by atoms with Gasteiger partial charge in [0.15, 0.2) is 11.6 Å². The molecule has 1 aromatic heterocycles. The summed E-state index contributed by atoms with van der Waals surface area (Å²) in [4.78, 5) is 12.5. The van der Waals surface area contributed by atoms with Crippen molar-refractivity contribution >= 4 is 35.6 Å². The predicted molar refractivity (Wildman–Crippen MR) is 65.8 cm³/mol. The van der Waals surface area contributed by atoms with Gasteiger partial charge in [0.2, 0.25) is 0 Å². The molecule has 1 amide bonds. The largest absolute Gasteiger partial charge is 0.319 e. The molecule has 2 nitrogen and oxygen atoms in total. The highest BCUT2D eigenvalue weighted by Gasteiger charge is 2.14. The second-order valence-electron chi connectivity index (χ2n) is 3.37. The lowest BCUT2D eigenvalue weighted by Crippen LogP contribution is -2.12. The predicted octanol–water partition coefficient (Wildman–Crippen LogP) is 3.71. The standard InChI is InChI=1S/C11H6F3NOS2/c12-6-2-8(14)9(3-7(6)13)15-11(16)10-1-5(17)4-18-10/h1-4,17H,(H,15,16). The third-order valence-corrected chi connectivity index (χ3v) is 3.43. The van der Waals surface area contributed by atoms with E-state index < -0.39 is 29.0 Å². The van der Waals surface area contributed by atoms with Crippen LogP contribution in [0.15, 0.2) is 28.5 Å². The lowest BCUT2D eigenvalue weighted by Gasteiger charge is -2.05. The minimum atomic E-state index is -1.31. The van der Waals surface area contributed by atoms with Crippen molar-refractivity contribution < 1.29 is 18.0 Å². The molecular weight excluding hydrogens is 283 g/mol. The van der Waals surface area contributed by atoms with E-state index in [4.69, 9.17) is 0 Å². The number of amides is 1. The first-order chi connectivity index (χ1) is 8.47. The number of carbonyl (C=O) groups excluding carboxylic acids is 1. The third-order valence-electron chi connectivity index (χ3n) is 2.07. The lowest BCUT2D eigenvalue weighted by atomic mass is 10.2. The highest BCUT2D eigenvalue weighted by atomic mass is 32.1. The van der Waals surface area contributed by atoms with Crippen LogP contribution in [-0.2, 0) is 0 Å². The third kappa shape index (κ3) is 2.68. The van der Waals surface area contributed by atoms with Gasteiger partial charge in [0.1, 0.15) is 5.82 Å². The molecule has 0 atom stereocenters. The molecule has 94 valence electrons. The first-order valence-corrected chi connectivity index (χ1v) is 6.03. The zero-order valence-electron chi connectivity index (χ0n) is 8.71. The summed E-state index contributed by atoms with van der Waals surface area (Å²) in [5, 5.41) is 3.79. The topological polar surface area (TPSA) is 29.1 Å². The molecule has 0 aliphatic heterocycles. The van der Waals surface area contributed by atoms with E-state index in [0.717, 1.165) is 11.3 Å². The molecule has 0 radical (unpaired) electrons. The van der Waals surface area contributed by atoms with Gasteiger partial charge in [-0.1, -0.05) is 0 Å². The molecule has 0 aliphatic rings. The first-order valence-electron chi connectivity index (χ1n) is 4.71. The molecule has 0 unspecified atom stereocenters. The average molecular weight is 289 g/mol. The minimum Gasteiger partial charge on any atom is -0.319 e. The molecule has 0 saturated carbocycles. The highest BCUT2D eigenvalue weighted by molar-refractivity contribution is 7.80. The maximum atomic E-state index is 13.3. The van der Waals surface area contributed by atoms with Crippen LogP contribution in [0.1, 0.15) is 9.67 Å². The van der Waals surface area contributed by atoms with E-state index in [9.17, 15) is 18.0 Å². The van der Waals surface area contributed by atoms with E-state index in [1.54, 1.807) is 5.38 Å². The Hall–Kier alpha value is -1.47. The average Bonchev–Trinajstić information content (AvgIpc) is 2.73. The van der Waals surface area contributed by atoms with Gasteiger partial charge in [-0.3, -0.25) is 4.79 Å². The lowest BCUT2D eigenvalue weighted by molar-refractivity contribution is 0.103. The Morgan fingerprint density at radius 3 is 2.39 bits per heavy atom. The fraction of sp³-hybridized carbons (Fsp3) is 0. The summed E-state index contributed by atoms with van der Waals surface area (Å²) in [6.45, 7) is 0. The van der Waals surface area contributed by atoms with Gasteiger partial charge in [-0.2, -0.15) is 0 Å². The smallest absolute Gasteiger partial charge is 0.265 e. The quantitative estimate of drug-likeness (QED) is 0.640. The van der Waals surface area contributed by atoms with E-state index in [1.807, 2.05) is 0 Å². The minimum absolute atomic E-state index is 0.295. The Balaban J connectivity index is 2.24. The van der Waals surface area contributed by atoms with Gasteiger partial charge in [-0.25, -0.2) is 13.2 Å². The molecule has 1 heterocycles. The molecule has 0 fully saturated rings. The van der Waals surface area contributed by atoms with E-state index in [-0.39, 0.29) is 0 Å². The Kier molecular flexibility index (Phi) is 3.63. The molecule has 7 heteroatoms. The molecule has 0 saturated heterocycles. The second-order valence-corrected chi connectivity index (χ2v) is 4.80. The summed E-state index contributed by atoms with van der Waals surface area (Å²) in [6.07, 6.45) is 0. The zero-order chi connectivity index (χ0) is 13.3. The SMILES string of the molecule is O=C(Nc1cc(F)c(F)cc1F)c1cc(S)cs1. The molecule has 2 rings (SSSR count). The van der Waals surface area contributed by atoms with Crippen molar-refractivity contribution in [1.82, 2.24) is 0 Å². The number of carbonyl (C=O) groups is 1. The van der Waals surface area contributed by atoms with Gasteiger partial charge in [0, 0.05) is 22.4 Å². The number of hydrogen-bond acceptors (Lipinski definition) is 3. The normalized spacial score (nSPS) is 10.4. The van der Waals surface area contributed by atoms with Crippen LogP contribution in [0.5, 0.6) is 0 Å². The van der Waals surface area contributed by atoms with E-state index >= 15 is 0 Å². The summed E-state index contributed by atoms with van der Waals surface area (Å²) in [5.74, 6) is -4.18. The fourth-order valence-corrected chi connectivity index (χ4v) is 2.29. The zero-order valence-corrected chi connectivity index (χ0v) is 10.4. The number of hydrogen-bond donors (Lipinski definition) is 2. The number of halogens is 3. The van der Waals surface area contributed by atoms with Gasteiger partial charge in [-0.05, 0) is 6.07 Å². The number of anilines is 1. The van der Waals surface area contributed by atoms with Gasteiger partial charge in [0.05, 0.1) is 10.6 Å². The summed E-state index contributed by atoms with van der Waals surface area (Å²) in [5.41, 5.74) is -0.409. The number of thiol groups is 1. The summed E-state index contributed by atoms with van der Waals surface area (Å²) >= 11 is 5.13. The van der Waals surface area contributed by atoms with E-state index in [0.29, 0.717) is 21.9 Å². The summed E-state index contributed by atoms with van der Waals surface area (Å²) < 4.78 is 38.9. The van der Waals surface area contributed by atoms with Crippen LogP contribution >= 0.6 is 24.0 Å². The van der Waals surface area contributed by atoms with Crippen molar-refractivity contribution in [3.63, 3.8) is 0 Å². The summed E-state index contributed by atoms with van der Waals surface area (Å²) in [7, 11) is 0. The van der Waals surface area contributed by atoms with Crippen LogP contribution < -0.4 is 5.32 Å². The van der Waals surface area contributed by atoms with Crippen LogP contribution in [0.3, 0.4) is 0 Å². The van der Waals surface area contributed by atoms with Gasteiger partial charge in [0.25, 0.3) is 5.91 Å².